The summed E-state index contributed by atoms with van der Waals surface area (Å²) in [6.45, 7) is 0. The molecule has 0 fully saturated rings. The number of aromatic nitrogens is 1. The van der Waals surface area contributed by atoms with Crippen LogP contribution in [0.3, 0.4) is 0 Å². The van der Waals surface area contributed by atoms with Crippen molar-refractivity contribution in [3.63, 3.8) is 0 Å². The zero-order valence-corrected chi connectivity index (χ0v) is 10.0. The lowest BCUT2D eigenvalue weighted by atomic mass is 10.3. The van der Waals surface area contributed by atoms with Gasteiger partial charge in [-0.1, -0.05) is 11.6 Å². The molecule has 0 bridgehead atoms. The fraction of sp³-hybridized carbons (Fsp3) is 0.0833. The highest BCUT2D eigenvalue weighted by Gasteiger charge is 2.03. The third-order valence-electron chi connectivity index (χ3n) is 2.22. The molecule has 3 N–H and O–H groups in total. The second kappa shape index (κ2) is 4.93. The van der Waals surface area contributed by atoms with Crippen LogP contribution in [-0.4, -0.2) is 12.1 Å². The molecule has 1 aromatic carbocycles. The molecule has 0 unspecified atom stereocenters. The first-order chi connectivity index (χ1) is 8.19. The highest BCUT2D eigenvalue weighted by molar-refractivity contribution is 6.33. The quantitative estimate of drug-likeness (QED) is 0.878. The van der Waals surface area contributed by atoms with E-state index in [2.05, 4.69) is 10.3 Å². The summed E-state index contributed by atoms with van der Waals surface area (Å²) in [5.41, 5.74) is 7.04. The van der Waals surface area contributed by atoms with Gasteiger partial charge in [-0.25, -0.2) is 4.98 Å². The van der Waals surface area contributed by atoms with Gasteiger partial charge in [0.05, 0.1) is 17.8 Å². The van der Waals surface area contributed by atoms with Crippen LogP contribution in [0.2, 0.25) is 5.02 Å². The van der Waals surface area contributed by atoms with Gasteiger partial charge in [-0.15, -0.1) is 0 Å². The number of methoxy groups -OCH3 is 1. The average Bonchev–Trinajstić information content (AvgIpc) is 2.32. The van der Waals surface area contributed by atoms with E-state index in [9.17, 15) is 0 Å². The number of nitrogen functional groups attached to an aromatic ring is 1. The number of nitrogens with one attached hydrogen (secondary N) is 1. The van der Waals surface area contributed by atoms with Crippen molar-refractivity contribution in [3.8, 4) is 5.75 Å². The van der Waals surface area contributed by atoms with Crippen molar-refractivity contribution in [3.05, 3.63) is 41.6 Å². The standard InChI is InChI=1S/C12H12ClN3O/c1-17-9-2-3-10(13)11(7-9)16-12-6-8(14)4-5-15-12/h2-7H,1H3,(H3,14,15,16). The number of hydrogen-bond donors (Lipinski definition) is 2. The van der Waals surface area contributed by atoms with Crippen LogP contribution in [0.1, 0.15) is 0 Å². The van der Waals surface area contributed by atoms with E-state index in [1.807, 2.05) is 0 Å². The summed E-state index contributed by atoms with van der Waals surface area (Å²) in [7, 11) is 1.60. The van der Waals surface area contributed by atoms with E-state index in [1.165, 1.54) is 0 Å². The minimum atomic E-state index is 0.593. The molecule has 5 heteroatoms. The monoisotopic (exact) mass is 249 g/mol. The van der Waals surface area contributed by atoms with E-state index in [-0.39, 0.29) is 0 Å². The molecule has 2 rings (SSSR count). The Kier molecular flexibility index (Phi) is 3.35. The Morgan fingerprint density at radius 2 is 2.12 bits per heavy atom. The maximum atomic E-state index is 6.07. The molecule has 1 aromatic heterocycles. The third kappa shape index (κ3) is 2.79. The van der Waals surface area contributed by atoms with Gasteiger partial charge in [0, 0.05) is 24.0 Å². The lowest BCUT2D eigenvalue weighted by molar-refractivity contribution is 0.415. The minimum absolute atomic E-state index is 0.593. The van der Waals surface area contributed by atoms with E-state index in [0.29, 0.717) is 16.5 Å². The number of ether oxygens (including phenoxy) is 1. The summed E-state index contributed by atoms with van der Waals surface area (Å²) in [6, 6.07) is 8.80. The Bertz CT molecular complexity index is 531. The van der Waals surface area contributed by atoms with E-state index in [4.69, 9.17) is 22.1 Å². The number of anilines is 3. The summed E-state index contributed by atoms with van der Waals surface area (Å²) in [5.74, 6) is 1.36. The van der Waals surface area contributed by atoms with Crippen LogP contribution in [0.5, 0.6) is 5.75 Å². The summed E-state index contributed by atoms with van der Waals surface area (Å²) in [6.07, 6.45) is 1.63. The van der Waals surface area contributed by atoms with Gasteiger partial charge >= 0.3 is 0 Å². The topological polar surface area (TPSA) is 60.2 Å². The Labute approximate surface area is 104 Å². The van der Waals surface area contributed by atoms with Crippen molar-refractivity contribution in [1.29, 1.82) is 0 Å². The smallest absolute Gasteiger partial charge is 0.132 e. The van der Waals surface area contributed by atoms with Crippen LogP contribution in [0.15, 0.2) is 36.5 Å². The molecule has 0 aliphatic rings. The number of halogens is 1. The second-order valence-electron chi connectivity index (χ2n) is 3.45. The molecule has 17 heavy (non-hydrogen) atoms. The van der Waals surface area contributed by atoms with E-state index < -0.39 is 0 Å². The summed E-state index contributed by atoms with van der Waals surface area (Å²) < 4.78 is 5.13. The van der Waals surface area contributed by atoms with Gasteiger partial charge in [-0.05, 0) is 18.2 Å². The molecule has 0 amide bonds. The molecule has 0 aliphatic heterocycles. The molecule has 2 aromatic rings. The molecule has 0 radical (unpaired) electrons. The molecule has 0 saturated carbocycles. The first-order valence-electron chi connectivity index (χ1n) is 5.01. The Hall–Kier alpha value is -1.94. The third-order valence-corrected chi connectivity index (χ3v) is 2.55. The van der Waals surface area contributed by atoms with E-state index in [1.54, 1.807) is 43.6 Å². The maximum Gasteiger partial charge on any atom is 0.132 e. The van der Waals surface area contributed by atoms with Crippen LogP contribution in [0.25, 0.3) is 0 Å². The number of hydrogen-bond acceptors (Lipinski definition) is 4. The van der Waals surface area contributed by atoms with Gasteiger partial charge < -0.3 is 15.8 Å². The molecule has 0 atom stereocenters. The number of nitrogens with zero attached hydrogens (tertiary/aromatic N) is 1. The Morgan fingerprint density at radius 1 is 1.29 bits per heavy atom. The fourth-order valence-electron chi connectivity index (χ4n) is 1.38. The normalized spacial score (nSPS) is 10.0. The highest BCUT2D eigenvalue weighted by Crippen LogP contribution is 2.29. The summed E-state index contributed by atoms with van der Waals surface area (Å²) >= 11 is 6.07. The molecule has 0 aliphatic carbocycles. The van der Waals surface area contributed by atoms with Crippen LogP contribution >= 0.6 is 11.6 Å². The zero-order valence-electron chi connectivity index (χ0n) is 9.27. The molecule has 88 valence electrons. The molecular weight excluding hydrogens is 238 g/mol. The molecule has 0 spiro atoms. The largest absolute Gasteiger partial charge is 0.497 e. The molecular formula is C12H12ClN3O. The first kappa shape index (κ1) is 11.5. The van der Waals surface area contributed by atoms with Crippen LogP contribution in [0.4, 0.5) is 17.2 Å². The van der Waals surface area contributed by atoms with Crippen molar-refractivity contribution in [2.24, 2.45) is 0 Å². The predicted molar refractivity (Wildman–Crippen MR) is 69.9 cm³/mol. The van der Waals surface area contributed by atoms with Crippen molar-refractivity contribution in [2.75, 3.05) is 18.2 Å². The summed E-state index contributed by atoms with van der Waals surface area (Å²) in [4.78, 5) is 4.14. The SMILES string of the molecule is COc1ccc(Cl)c(Nc2cc(N)ccn2)c1. The van der Waals surface area contributed by atoms with Gasteiger partial charge in [0.2, 0.25) is 0 Å². The van der Waals surface area contributed by atoms with Crippen molar-refractivity contribution in [1.82, 2.24) is 4.98 Å². The number of nitrogens with two attached hydrogens (primary N) is 1. The van der Waals surface area contributed by atoms with Gasteiger partial charge in [0.1, 0.15) is 11.6 Å². The Morgan fingerprint density at radius 3 is 2.82 bits per heavy atom. The lowest BCUT2D eigenvalue weighted by Gasteiger charge is -2.09. The van der Waals surface area contributed by atoms with Crippen molar-refractivity contribution in [2.45, 2.75) is 0 Å². The number of rotatable bonds is 3. The Balaban J connectivity index is 2.29. The average molecular weight is 250 g/mol. The molecule has 0 saturated heterocycles. The fourth-order valence-corrected chi connectivity index (χ4v) is 1.55. The maximum absolute atomic E-state index is 6.07. The lowest BCUT2D eigenvalue weighted by Crippen LogP contribution is -1.96. The second-order valence-corrected chi connectivity index (χ2v) is 3.85. The van der Waals surface area contributed by atoms with E-state index >= 15 is 0 Å². The van der Waals surface area contributed by atoms with Crippen LogP contribution in [-0.2, 0) is 0 Å². The highest BCUT2D eigenvalue weighted by atomic mass is 35.5. The predicted octanol–water partition coefficient (Wildman–Crippen LogP) is 3.07. The van der Waals surface area contributed by atoms with Crippen LogP contribution < -0.4 is 15.8 Å². The number of pyridine rings is 1. The molecule has 4 nitrogen and oxygen atoms in total. The zero-order chi connectivity index (χ0) is 12.3. The van der Waals surface area contributed by atoms with Gasteiger partial charge in [0.15, 0.2) is 0 Å². The van der Waals surface area contributed by atoms with Crippen LogP contribution in [0, 0.1) is 0 Å². The minimum Gasteiger partial charge on any atom is -0.497 e. The molecule has 1 heterocycles. The van der Waals surface area contributed by atoms with Gasteiger partial charge in [0.25, 0.3) is 0 Å². The number of benzene rings is 1. The first-order valence-corrected chi connectivity index (χ1v) is 5.39. The summed E-state index contributed by atoms with van der Waals surface area (Å²) in [5, 5.41) is 3.68. The van der Waals surface area contributed by atoms with E-state index in [0.717, 1.165) is 11.4 Å². The van der Waals surface area contributed by atoms with Crippen molar-refractivity contribution < 1.29 is 4.74 Å². The van der Waals surface area contributed by atoms with Gasteiger partial charge in [-0.3, -0.25) is 0 Å². The van der Waals surface area contributed by atoms with Gasteiger partial charge in [-0.2, -0.15) is 0 Å². The van der Waals surface area contributed by atoms with Crippen molar-refractivity contribution >= 4 is 28.8 Å².